The molecule has 18 heavy (non-hydrogen) atoms. The van der Waals surface area contributed by atoms with E-state index in [0.717, 1.165) is 15.9 Å². The number of hydrogen-bond donors (Lipinski definition) is 1. The summed E-state index contributed by atoms with van der Waals surface area (Å²) in [6.07, 6.45) is 1.66. The van der Waals surface area contributed by atoms with E-state index >= 15 is 0 Å². The number of carbonyl (C=O) groups is 1. The SMILES string of the molecule is Cc1cc(NC(=O)c2cc(Br)cc(C)n2)ccn1. The van der Waals surface area contributed by atoms with Crippen LogP contribution in [-0.2, 0) is 0 Å². The van der Waals surface area contributed by atoms with Crippen molar-refractivity contribution in [3.8, 4) is 0 Å². The van der Waals surface area contributed by atoms with Crippen LogP contribution in [0.5, 0.6) is 0 Å². The maximum atomic E-state index is 12.0. The quantitative estimate of drug-likeness (QED) is 0.927. The Morgan fingerprint density at radius 1 is 1.22 bits per heavy atom. The third-order valence-corrected chi connectivity index (χ3v) is 2.76. The van der Waals surface area contributed by atoms with E-state index < -0.39 is 0 Å². The van der Waals surface area contributed by atoms with Crippen molar-refractivity contribution in [2.75, 3.05) is 5.32 Å². The molecule has 0 saturated carbocycles. The van der Waals surface area contributed by atoms with Gasteiger partial charge in [-0.25, -0.2) is 4.98 Å². The van der Waals surface area contributed by atoms with Gasteiger partial charge in [0.15, 0.2) is 0 Å². The molecule has 1 N–H and O–H groups in total. The van der Waals surface area contributed by atoms with Crippen LogP contribution in [0.15, 0.2) is 34.9 Å². The van der Waals surface area contributed by atoms with Crippen molar-refractivity contribution in [2.24, 2.45) is 0 Å². The van der Waals surface area contributed by atoms with Crippen molar-refractivity contribution in [3.63, 3.8) is 0 Å². The molecule has 0 fully saturated rings. The Morgan fingerprint density at radius 2 is 2.00 bits per heavy atom. The van der Waals surface area contributed by atoms with Crippen molar-refractivity contribution in [1.29, 1.82) is 0 Å². The number of amides is 1. The molecule has 92 valence electrons. The summed E-state index contributed by atoms with van der Waals surface area (Å²) in [5, 5.41) is 2.79. The van der Waals surface area contributed by atoms with E-state index in [1.807, 2.05) is 26.0 Å². The molecule has 2 aromatic rings. The highest BCUT2D eigenvalue weighted by molar-refractivity contribution is 9.10. The standard InChI is InChI=1S/C13H12BrN3O/c1-8-6-11(3-4-15-8)17-13(18)12-7-10(14)5-9(2)16-12/h3-7H,1-2H3,(H,15,17,18). The van der Waals surface area contributed by atoms with Crippen LogP contribution in [0.1, 0.15) is 21.9 Å². The third kappa shape index (κ3) is 3.13. The average molecular weight is 306 g/mol. The van der Waals surface area contributed by atoms with E-state index in [9.17, 15) is 4.79 Å². The summed E-state index contributed by atoms with van der Waals surface area (Å²) in [6, 6.07) is 7.10. The first kappa shape index (κ1) is 12.7. The first-order valence-electron chi connectivity index (χ1n) is 5.43. The minimum absolute atomic E-state index is 0.231. The highest BCUT2D eigenvalue weighted by Gasteiger charge is 2.09. The van der Waals surface area contributed by atoms with Gasteiger partial charge >= 0.3 is 0 Å². The number of rotatable bonds is 2. The van der Waals surface area contributed by atoms with Gasteiger partial charge in [0.2, 0.25) is 0 Å². The van der Waals surface area contributed by atoms with Gasteiger partial charge in [-0.2, -0.15) is 0 Å². The average Bonchev–Trinajstić information content (AvgIpc) is 2.27. The zero-order valence-corrected chi connectivity index (χ0v) is 11.7. The van der Waals surface area contributed by atoms with Crippen LogP contribution in [0.3, 0.4) is 0 Å². The largest absolute Gasteiger partial charge is 0.321 e. The van der Waals surface area contributed by atoms with Crippen LogP contribution in [0, 0.1) is 13.8 Å². The monoisotopic (exact) mass is 305 g/mol. The molecular weight excluding hydrogens is 294 g/mol. The Balaban J connectivity index is 2.22. The van der Waals surface area contributed by atoms with Gasteiger partial charge in [-0.1, -0.05) is 15.9 Å². The number of aromatic nitrogens is 2. The number of nitrogens with zero attached hydrogens (tertiary/aromatic N) is 2. The Morgan fingerprint density at radius 3 is 2.67 bits per heavy atom. The third-order valence-electron chi connectivity index (χ3n) is 2.31. The summed E-state index contributed by atoms with van der Waals surface area (Å²) < 4.78 is 0.839. The fraction of sp³-hybridized carbons (Fsp3) is 0.154. The normalized spacial score (nSPS) is 10.2. The van der Waals surface area contributed by atoms with Crippen LogP contribution in [0.2, 0.25) is 0 Å². The molecule has 2 heterocycles. The molecule has 0 radical (unpaired) electrons. The lowest BCUT2D eigenvalue weighted by Gasteiger charge is -2.06. The summed E-state index contributed by atoms with van der Waals surface area (Å²) in [4.78, 5) is 20.3. The summed E-state index contributed by atoms with van der Waals surface area (Å²) in [5.74, 6) is -0.231. The number of hydrogen-bond acceptors (Lipinski definition) is 3. The van der Waals surface area contributed by atoms with E-state index in [4.69, 9.17) is 0 Å². The molecular formula is C13H12BrN3O. The molecule has 0 saturated heterocycles. The number of aryl methyl sites for hydroxylation is 2. The van der Waals surface area contributed by atoms with Gasteiger partial charge in [-0.3, -0.25) is 9.78 Å². The van der Waals surface area contributed by atoms with Crippen molar-refractivity contribution >= 4 is 27.5 Å². The van der Waals surface area contributed by atoms with Crippen molar-refractivity contribution < 1.29 is 4.79 Å². The van der Waals surface area contributed by atoms with E-state index in [1.165, 1.54) is 0 Å². The first-order valence-corrected chi connectivity index (χ1v) is 6.22. The van der Waals surface area contributed by atoms with Gasteiger partial charge in [-0.15, -0.1) is 0 Å². The lowest BCUT2D eigenvalue weighted by atomic mass is 10.3. The molecule has 0 aliphatic carbocycles. The fourth-order valence-corrected chi connectivity index (χ4v) is 2.11. The zero-order chi connectivity index (χ0) is 13.1. The maximum Gasteiger partial charge on any atom is 0.274 e. The van der Waals surface area contributed by atoms with Gasteiger partial charge in [0.05, 0.1) is 0 Å². The minimum Gasteiger partial charge on any atom is -0.321 e. The second kappa shape index (κ2) is 5.27. The predicted molar refractivity (Wildman–Crippen MR) is 73.6 cm³/mol. The Kier molecular flexibility index (Phi) is 3.72. The van der Waals surface area contributed by atoms with E-state index in [2.05, 4.69) is 31.2 Å². The molecule has 5 heteroatoms. The van der Waals surface area contributed by atoms with E-state index in [1.54, 1.807) is 18.3 Å². The number of pyridine rings is 2. The second-order valence-electron chi connectivity index (χ2n) is 3.95. The molecule has 0 bridgehead atoms. The topological polar surface area (TPSA) is 54.9 Å². The van der Waals surface area contributed by atoms with Crippen LogP contribution in [0.25, 0.3) is 0 Å². The molecule has 0 unspecified atom stereocenters. The lowest BCUT2D eigenvalue weighted by Crippen LogP contribution is -2.14. The molecule has 0 aliphatic rings. The van der Waals surface area contributed by atoms with E-state index in [0.29, 0.717) is 11.4 Å². The van der Waals surface area contributed by atoms with Gasteiger partial charge in [0.25, 0.3) is 5.91 Å². The molecule has 0 atom stereocenters. The Labute approximate surface area is 114 Å². The number of carbonyl (C=O) groups excluding carboxylic acids is 1. The predicted octanol–water partition coefficient (Wildman–Crippen LogP) is 3.11. The van der Waals surface area contributed by atoms with Crippen LogP contribution >= 0.6 is 15.9 Å². The van der Waals surface area contributed by atoms with Gasteiger partial charge < -0.3 is 5.32 Å². The smallest absolute Gasteiger partial charge is 0.274 e. The Bertz CT molecular complexity index is 578. The minimum atomic E-state index is -0.231. The summed E-state index contributed by atoms with van der Waals surface area (Å²) in [6.45, 7) is 3.72. The molecule has 0 spiro atoms. The lowest BCUT2D eigenvalue weighted by molar-refractivity contribution is 0.102. The molecule has 0 aliphatic heterocycles. The number of halogens is 1. The Hall–Kier alpha value is -1.75. The molecule has 4 nitrogen and oxygen atoms in total. The van der Waals surface area contributed by atoms with Crippen molar-refractivity contribution in [2.45, 2.75) is 13.8 Å². The molecule has 2 rings (SSSR count). The van der Waals surface area contributed by atoms with Crippen LogP contribution in [0.4, 0.5) is 5.69 Å². The summed E-state index contributed by atoms with van der Waals surface area (Å²) in [5.41, 5.74) is 2.75. The van der Waals surface area contributed by atoms with E-state index in [-0.39, 0.29) is 5.91 Å². The number of anilines is 1. The van der Waals surface area contributed by atoms with Crippen molar-refractivity contribution in [3.05, 3.63) is 52.0 Å². The summed E-state index contributed by atoms with van der Waals surface area (Å²) >= 11 is 3.35. The highest BCUT2D eigenvalue weighted by Crippen LogP contribution is 2.14. The molecule has 0 aromatic carbocycles. The van der Waals surface area contributed by atoms with Crippen LogP contribution < -0.4 is 5.32 Å². The summed E-state index contributed by atoms with van der Waals surface area (Å²) in [7, 11) is 0. The fourth-order valence-electron chi connectivity index (χ4n) is 1.56. The highest BCUT2D eigenvalue weighted by atomic mass is 79.9. The molecule has 1 amide bonds. The first-order chi connectivity index (χ1) is 8.54. The number of nitrogens with one attached hydrogen (secondary N) is 1. The van der Waals surface area contributed by atoms with Gasteiger partial charge in [0, 0.05) is 27.7 Å². The van der Waals surface area contributed by atoms with Gasteiger partial charge in [0.1, 0.15) is 5.69 Å². The zero-order valence-electron chi connectivity index (χ0n) is 10.1. The molecule has 2 aromatic heterocycles. The maximum absolute atomic E-state index is 12.0. The van der Waals surface area contributed by atoms with Crippen molar-refractivity contribution in [1.82, 2.24) is 9.97 Å². The van der Waals surface area contributed by atoms with Crippen LogP contribution in [-0.4, -0.2) is 15.9 Å². The van der Waals surface area contributed by atoms with Gasteiger partial charge in [-0.05, 0) is 38.1 Å². The second-order valence-corrected chi connectivity index (χ2v) is 4.87.